The zero-order chi connectivity index (χ0) is 16.0. The number of rotatable bonds is 8. The van der Waals surface area contributed by atoms with Crippen molar-refractivity contribution in [3.8, 4) is 5.75 Å². The zero-order valence-electron chi connectivity index (χ0n) is 12.2. The summed E-state index contributed by atoms with van der Waals surface area (Å²) in [6.07, 6.45) is -0.245. The van der Waals surface area contributed by atoms with Gasteiger partial charge < -0.3 is 9.84 Å². The molecule has 0 saturated carbocycles. The van der Waals surface area contributed by atoms with Gasteiger partial charge in [0.25, 0.3) is 10.2 Å². The van der Waals surface area contributed by atoms with Gasteiger partial charge in [0.1, 0.15) is 5.75 Å². The molecule has 1 aromatic carbocycles. The third kappa shape index (κ3) is 5.33. The van der Waals surface area contributed by atoms with E-state index in [0.29, 0.717) is 5.75 Å². The van der Waals surface area contributed by atoms with Crippen LogP contribution in [0.2, 0.25) is 0 Å². The summed E-state index contributed by atoms with van der Waals surface area (Å²) in [6, 6.07) is 6.60. The van der Waals surface area contributed by atoms with E-state index in [1.165, 1.54) is 14.2 Å². The highest BCUT2D eigenvalue weighted by molar-refractivity contribution is 7.87. The number of hydrogen-bond acceptors (Lipinski definition) is 4. The summed E-state index contributed by atoms with van der Waals surface area (Å²) in [7, 11) is -0.872. The SMILES string of the molecule is COc1cccc(C(C)NS(=O)(=O)N(C)CCC(=O)O)c1. The molecule has 118 valence electrons. The number of aliphatic carboxylic acids is 1. The standard InChI is InChI=1S/C13H20N2O5S/c1-10(11-5-4-6-12(9-11)20-3)14-21(18,19)15(2)8-7-13(16)17/h4-6,9-10,14H,7-8H2,1-3H3,(H,16,17). The minimum absolute atomic E-state index is 0.0878. The molecule has 0 radical (unpaired) electrons. The van der Waals surface area contributed by atoms with Crippen LogP contribution in [0.15, 0.2) is 24.3 Å². The van der Waals surface area contributed by atoms with Crippen LogP contribution in [0.5, 0.6) is 5.75 Å². The molecule has 0 aliphatic rings. The molecule has 0 fully saturated rings. The maximum atomic E-state index is 12.1. The second-order valence-electron chi connectivity index (χ2n) is 4.59. The van der Waals surface area contributed by atoms with Gasteiger partial charge in [0.15, 0.2) is 0 Å². The van der Waals surface area contributed by atoms with Crippen LogP contribution in [-0.2, 0) is 15.0 Å². The number of carboxylic acid groups (broad SMARTS) is 1. The van der Waals surface area contributed by atoms with E-state index in [0.717, 1.165) is 9.87 Å². The van der Waals surface area contributed by atoms with Crippen molar-refractivity contribution < 1.29 is 23.1 Å². The minimum atomic E-state index is -3.74. The third-order valence-corrected chi connectivity index (χ3v) is 4.63. The molecule has 0 aliphatic heterocycles. The molecule has 1 unspecified atom stereocenters. The highest BCUT2D eigenvalue weighted by Crippen LogP contribution is 2.19. The predicted molar refractivity (Wildman–Crippen MR) is 78.3 cm³/mol. The van der Waals surface area contributed by atoms with Crippen molar-refractivity contribution in [2.75, 3.05) is 20.7 Å². The molecule has 0 saturated heterocycles. The van der Waals surface area contributed by atoms with Gasteiger partial charge >= 0.3 is 5.97 Å². The van der Waals surface area contributed by atoms with Crippen LogP contribution in [0.3, 0.4) is 0 Å². The fraction of sp³-hybridized carbons (Fsp3) is 0.462. The summed E-state index contributed by atoms with van der Waals surface area (Å²) in [5.74, 6) is -0.407. The van der Waals surface area contributed by atoms with E-state index in [4.69, 9.17) is 9.84 Å². The Morgan fingerprint density at radius 1 is 1.48 bits per heavy atom. The lowest BCUT2D eigenvalue weighted by Crippen LogP contribution is -2.40. The first kappa shape index (κ1) is 17.4. The highest BCUT2D eigenvalue weighted by atomic mass is 32.2. The number of benzene rings is 1. The van der Waals surface area contributed by atoms with Crippen LogP contribution in [0.1, 0.15) is 24.9 Å². The first-order valence-electron chi connectivity index (χ1n) is 6.35. The molecule has 0 amide bonds. The Hall–Kier alpha value is -1.64. The van der Waals surface area contributed by atoms with E-state index in [1.807, 2.05) is 0 Å². The van der Waals surface area contributed by atoms with Gasteiger partial charge in [-0.05, 0) is 24.6 Å². The molecule has 0 aromatic heterocycles. The van der Waals surface area contributed by atoms with Crippen LogP contribution in [0.4, 0.5) is 0 Å². The summed E-state index contributed by atoms with van der Waals surface area (Å²) in [4.78, 5) is 10.5. The lowest BCUT2D eigenvalue weighted by atomic mass is 10.1. The maximum Gasteiger partial charge on any atom is 0.304 e. The second kappa shape index (κ2) is 7.39. The Labute approximate surface area is 124 Å². The van der Waals surface area contributed by atoms with Gasteiger partial charge in [0.2, 0.25) is 0 Å². The number of carbonyl (C=O) groups is 1. The van der Waals surface area contributed by atoms with Gasteiger partial charge in [0, 0.05) is 19.6 Å². The molecular weight excluding hydrogens is 296 g/mol. The summed E-state index contributed by atoms with van der Waals surface area (Å²) in [5.41, 5.74) is 0.754. The molecule has 0 spiro atoms. The number of methoxy groups -OCH3 is 1. The number of carboxylic acids is 1. The van der Waals surface area contributed by atoms with Crippen molar-refractivity contribution in [1.29, 1.82) is 0 Å². The lowest BCUT2D eigenvalue weighted by molar-refractivity contribution is -0.137. The van der Waals surface area contributed by atoms with Crippen molar-refractivity contribution in [2.24, 2.45) is 0 Å². The monoisotopic (exact) mass is 316 g/mol. The largest absolute Gasteiger partial charge is 0.497 e. The Balaban J connectivity index is 2.75. The molecular formula is C13H20N2O5S. The number of ether oxygens (including phenoxy) is 1. The fourth-order valence-corrected chi connectivity index (χ4v) is 2.76. The number of hydrogen-bond donors (Lipinski definition) is 2. The second-order valence-corrected chi connectivity index (χ2v) is 6.40. The van der Waals surface area contributed by atoms with Crippen molar-refractivity contribution in [3.63, 3.8) is 0 Å². The Morgan fingerprint density at radius 2 is 2.14 bits per heavy atom. The Bertz CT molecular complexity index is 588. The average molecular weight is 316 g/mol. The van der Waals surface area contributed by atoms with E-state index < -0.39 is 22.2 Å². The molecule has 1 rings (SSSR count). The maximum absolute atomic E-state index is 12.1. The normalized spacial score (nSPS) is 13.1. The van der Waals surface area contributed by atoms with Crippen molar-refractivity contribution in [1.82, 2.24) is 9.03 Å². The average Bonchev–Trinajstić information content (AvgIpc) is 2.44. The fourth-order valence-electron chi connectivity index (χ4n) is 1.67. The van der Waals surface area contributed by atoms with E-state index in [1.54, 1.807) is 31.2 Å². The highest BCUT2D eigenvalue weighted by Gasteiger charge is 2.21. The smallest absolute Gasteiger partial charge is 0.304 e. The lowest BCUT2D eigenvalue weighted by Gasteiger charge is -2.21. The minimum Gasteiger partial charge on any atom is -0.497 e. The van der Waals surface area contributed by atoms with Gasteiger partial charge in [-0.1, -0.05) is 12.1 Å². The van der Waals surface area contributed by atoms with Crippen LogP contribution < -0.4 is 9.46 Å². The molecule has 1 atom stereocenters. The summed E-state index contributed by atoms with van der Waals surface area (Å²) >= 11 is 0. The molecule has 8 heteroatoms. The molecule has 0 bridgehead atoms. The number of nitrogens with one attached hydrogen (secondary N) is 1. The van der Waals surface area contributed by atoms with Gasteiger partial charge in [-0.25, -0.2) is 0 Å². The van der Waals surface area contributed by atoms with Crippen LogP contribution in [-0.4, -0.2) is 44.5 Å². The quantitative estimate of drug-likeness (QED) is 0.746. The van der Waals surface area contributed by atoms with E-state index >= 15 is 0 Å². The summed E-state index contributed by atoms with van der Waals surface area (Å²) in [5, 5.41) is 8.59. The number of nitrogens with zero attached hydrogens (tertiary/aromatic N) is 1. The van der Waals surface area contributed by atoms with Crippen LogP contribution in [0, 0.1) is 0 Å². The first-order valence-corrected chi connectivity index (χ1v) is 7.79. The first-order chi connectivity index (χ1) is 9.76. The van der Waals surface area contributed by atoms with Crippen LogP contribution in [0.25, 0.3) is 0 Å². The van der Waals surface area contributed by atoms with Crippen LogP contribution >= 0.6 is 0 Å². The Morgan fingerprint density at radius 3 is 2.71 bits per heavy atom. The topological polar surface area (TPSA) is 95.9 Å². The summed E-state index contributed by atoms with van der Waals surface area (Å²) < 4.78 is 32.7. The van der Waals surface area contributed by atoms with Gasteiger partial charge in [0.05, 0.1) is 13.5 Å². The van der Waals surface area contributed by atoms with E-state index in [2.05, 4.69) is 4.72 Å². The third-order valence-electron chi connectivity index (χ3n) is 2.97. The van der Waals surface area contributed by atoms with E-state index in [9.17, 15) is 13.2 Å². The van der Waals surface area contributed by atoms with Crippen molar-refractivity contribution in [2.45, 2.75) is 19.4 Å². The summed E-state index contributed by atoms with van der Waals surface area (Å²) in [6.45, 7) is 1.62. The van der Waals surface area contributed by atoms with Gasteiger partial charge in [-0.3, -0.25) is 4.79 Å². The van der Waals surface area contributed by atoms with Gasteiger partial charge in [-0.15, -0.1) is 0 Å². The van der Waals surface area contributed by atoms with Crippen molar-refractivity contribution in [3.05, 3.63) is 29.8 Å². The molecule has 1 aromatic rings. The molecule has 0 heterocycles. The molecule has 0 aliphatic carbocycles. The molecule has 7 nitrogen and oxygen atoms in total. The molecule has 2 N–H and O–H groups in total. The zero-order valence-corrected chi connectivity index (χ0v) is 13.1. The van der Waals surface area contributed by atoms with E-state index in [-0.39, 0.29) is 13.0 Å². The molecule has 21 heavy (non-hydrogen) atoms. The van der Waals surface area contributed by atoms with Gasteiger partial charge in [-0.2, -0.15) is 17.4 Å². The Kier molecular flexibility index (Phi) is 6.13. The van der Waals surface area contributed by atoms with Crippen molar-refractivity contribution >= 4 is 16.2 Å². The predicted octanol–water partition coefficient (Wildman–Crippen LogP) is 0.997.